The minimum Gasteiger partial charge on any atom is -0.461 e. The fourth-order valence-electron chi connectivity index (χ4n) is 3.02. The summed E-state index contributed by atoms with van der Waals surface area (Å²) in [6.45, 7) is 5.72. The number of aromatic nitrogens is 2. The number of nitrogens with zero attached hydrogens (tertiary/aromatic N) is 2. The summed E-state index contributed by atoms with van der Waals surface area (Å²) < 4.78 is 6.67. The number of thiophene rings is 1. The van der Waals surface area contributed by atoms with Crippen LogP contribution < -0.4 is 10.9 Å². The van der Waals surface area contributed by atoms with Crippen molar-refractivity contribution < 1.29 is 14.3 Å². The molecule has 1 N–H and O–H groups in total. The van der Waals surface area contributed by atoms with Crippen molar-refractivity contribution in [3.8, 4) is 0 Å². The number of nitrogens with one attached hydrogen (secondary N) is 1. The molecule has 2 aromatic heterocycles. The Morgan fingerprint density at radius 2 is 2.00 bits per heavy atom. The highest BCUT2D eigenvalue weighted by Gasteiger charge is 2.21. The Bertz CT molecular complexity index is 1100. The van der Waals surface area contributed by atoms with Crippen molar-refractivity contribution in [2.45, 2.75) is 46.2 Å². The molecular formula is C22H25N3O4S. The zero-order valence-electron chi connectivity index (χ0n) is 17.3. The molecule has 0 fully saturated rings. The molecule has 0 radical (unpaired) electrons. The Kier molecular flexibility index (Phi) is 6.99. The first-order valence-electron chi connectivity index (χ1n) is 9.89. The zero-order chi connectivity index (χ0) is 21.7. The van der Waals surface area contributed by atoms with Crippen LogP contribution in [-0.4, -0.2) is 34.1 Å². The Morgan fingerprint density at radius 3 is 2.70 bits per heavy atom. The maximum absolute atomic E-state index is 12.9. The number of ether oxygens (including phenoxy) is 1. The van der Waals surface area contributed by atoms with Crippen molar-refractivity contribution in [3.63, 3.8) is 0 Å². The maximum Gasteiger partial charge on any atom is 0.348 e. The van der Waals surface area contributed by atoms with Gasteiger partial charge in [0.25, 0.3) is 5.56 Å². The summed E-state index contributed by atoms with van der Waals surface area (Å²) in [7, 11) is 0. The fourth-order valence-corrected chi connectivity index (χ4v) is 4.05. The predicted octanol–water partition coefficient (Wildman–Crippen LogP) is 3.08. The van der Waals surface area contributed by atoms with Crippen LogP contribution in [0.3, 0.4) is 0 Å². The number of hydrogen-bond donors (Lipinski definition) is 1. The summed E-state index contributed by atoms with van der Waals surface area (Å²) in [4.78, 5) is 42.7. The van der Waals surface area contributed by atoms with Gasteiger partial charge in [0.05, 0.1) is 18.3 Å². The van der Waals surface area contributed by atoms with E-state index in [0.29, 0.717) is 27.1 Å². The largest absolute Gasteiger partial charge is 0.461 e. The molecule has 30 heavy (non-hydrogen) atoms. The zero-order valence-corrected chi connectivity index (χ0v) is 18.1. The van der Waals surface area contributed by atoms with E-state index in [1.807, 2.05) is 44.2 Å². The second-order valence-electron chi connectivity index (χ2n) is 7.16. The number of hydrogen-bond acceptors (Lipinski definition) is 6. The standard InChI is InChI=1S/C22H25N3O4S/c1-4-14(2)24-17(26)12-25-13-23-20-18(21(25)27)15(3)19(30-20)22(28)29-11-10-16-8-6-5-7-9-16/h5-9,13-14H,4,10-12H2,1-3H3,(H,24,26). The van der Waals surface area contributed by atoms with Crippen LogP contribution >= 0.6 is 11.3 Å². The lowest BCUT2D eigenvalue weighted by Gasteiger charge is -2.12. The first kappa shape index (κ1) is 21.7. The van der Waals surface area contributed by atoms with Gasteiger partial charge >= 0.3 is 5.97 Å². The van der Waals surface area contributed by atoms with Crippen molar-refractivity contribution in [2.24, 2.45) is 0 Å². The van der Waals surface area contributed by atoms with Crippen molar-refractivity contribution in [1.82, 2.24) is 14.9 Å². The number of carbonyl (C=O) groups excluding carboxylic acids is 2. The van der Waals surface area contributed by atoms with E-state index in [1.54, 1.807) is 6.92 Å². The van der Waals surface area contributed by atoms with Crippen LogP contribution in [0.4, 0.5) is 0 Å². The lowest BCUT2D eigenvalue weighted by molar-refractivity contribution is -0.122. The Morgan fingerprint density at radius 1 is 1.27 bits per heavy atom. The topological polar surface area (TPSA) is 90.3 Å². The lowest BCUT2D eigenvalue weighted by Crippen LogP contribution is -2.37. The SMILES string of the molecule is CCC(C)NC(=O)Cn1cnc2sc(C(=O)OCCc3ccccc3)c(C)c2c1=O. The monoisotopic (exact) mass is 427 g/mol. The molecule has 3 aromatic rings. The molecule has 8 heteroatoms. The van der Waals surface area contributed by atoms with E-state index in [-0.39, 0.29) is 30.7 Å². The van der Waals surface area contributed by atoms with Crippen LogP contribution in [0, 0.1) is 6.92 Å². The van der Waals surface area contributed by atoms with Gasteiger partial charge in [0.15, 0.2) is 0 Å². The van der Waals surface area contributed by atoms with Gasteiger partial charge in [0.1, 0.15) is 16.3 Å². The Hall–Kier alpha value is -3.00. The highest BCUT2D eigenvalue weighted by atomic mass is 32.1. The molecule has 0 bridgehead atoms. The van der Waals surface area contributed by atoms with Gasteiger partial charge in [-0.2, -0.15) is 0 Å². The van der Waals surface area contributed by atoms with Gasteiger partial charge in [-0.05, 0) is 31.4 Å². The first-order valence-corrected chi connectivity index (χ1v) is 10.7. The van der Waals surface area contributed by atoms with Crippen molar-refractivity contribution in [2.75, 3.05) is 6.61 Å². The van der Waals surface area contributed by atoms with Crippen molar-refractivity contribution in [3.05, 3.63) is 63.0 Å². The average molecular weight is 428 g/mol. The molecular weight excluding hydrogens is 402 g/mol. The summed E-state index contributed by atoms with van der Waals surface area (Å²) in [5.41, 5.74) is 1.28. The number of fused-ring (bicyclic) bond motifs is 1. The van der Waals surface area contributed by atoms with E-state index in [0.717, 1.165) is 23.3 Å². The van der Waals surface area contributed by atoms with Crippen LogP contribution in [0.2, 0.25) is 0 Å². The molecule has 0 aliphatic heterocycles. The van der Waals surface area contributed by atoms with Gasteiger partial charge in [0.2, 0.25) is 5.91 Å². The number of carbonyl (C=O) groups is 2. The Balaban J connectivity index is 1.75. The lowest BCUT2D eigenvalue weighted by atomic mass is 10.2. The number of rotatable bonds is 8. The van der Waals surface area contributed by atoms with E-state index in [1.165, 1.54) is 10.9 Å². The van der Waals surface area contributed by atoms with Gasteiger partial charge in [-0.15, -0.1) is 11.3 Å². The highest BCUT2D eigenvalue weighted by molar-refractivity contribution is 7.20. The van der Waals surface area contributed by atoms with Crippen molar-refractivity contribution >= 4 is 33.4 Å². The number of amides is 1. The molecule has 1 amide bonds. The van der Waals surface area contributed by atoms with Gasteiger partial charge < -0.3 is 10.1 Å². The van der Waals surface area contributed by atoms with Gasteiger partial charge in [-0.25, -0.2) is 9.78 Å². The molecule has 0 aliphatic carbocycles. The molecule has 1 aromatic carbocycles. The molecule has 158 valence electrons. The minimum absolute atomic E-state index is 0.0324. The number of benzene rings is 1. The van der Waals surface area contributed by atoms with E-state index >= 15 is 0 Å². The second-order valence-corrected chi connectivity index (χ2v) is 8.16. The van der Waals surface area contributed by atoms with Crippen LogP contribution in [0.25, 0.3) is 10.2 Å². The molecule has 7 nitrogen and oxygen atoms in total. The summed E-state index contributed by atoms with van der Waals surface area (Å²) in [6, 6.07) is 9.79. The molecule has 0 saturated heterocycles. The van der Waals surface area contributed by atoms with E-state index in [2.05, 4.69) is 10.3 Å². The quantitative estimate of drug-likeness (QED) is 0.558. The first-order chi connectivity index (χ1) is 14.4. The summed E-state index contributed by atoms with van der Waals surface area (Å²) in [5, 5.41) is 3.19. The summed E-state index contributed by atoms with van der Waals surface area (Å²) >= 11 is 1.13. The molecule has 0 aliphatic rings. The maximum atomic E-state index is 12.9. The third kappa shape index (κ3) is 4.94. The van der Waals surface area contributed by atoms with E-state index in [9.17, 15) is 14.4 Å². The number of esters is 1. The molecule has 3 rings (SSSR count). The molecule has 1 atom stereocenters. The van der Waals surface area contributed by atoms with Gasteiger partial charge in [0, 0.05) is 12.5 Å². The normalized spacial score (nSPS) is 12.0. The average Bonchev–Trinajstić information content (AvgIpc) is 3.08. The molecule has 0 saturated carbocycles. The minimum atomic E-state index is -0.466. The van der Waals surface area contributed by atoms with Crippen LogP contribution in [0.1, 0.15) is 41.1 Å². The van der Waals surface area contributed by atoms with Gasteiger partial charge in [-0.3, -0.25) is 14.2 Å². The Labute approximate surface area is 178 Å². The smallest absolute Gasteiger partial charge is 0.348 e. The third-order valence-corrected chi connectivity index (χ3v) is 6.08. The summed E-state index contributed by atoms with van der Waals surface area (Å²) in [6.07, 6.45) is 2.77. The highest BCUT2D eigenvalue weighted by Crippen LogP contribution is 2.27. The summed E-state index contributed by atoms with van der Waals surface area (Å²) in [5.74, 6) is -0.715. The van der Waals surface area contributed by atoms with Crippen molar-refractivity contribution in [1.29, 1.82) is 0 Å². The fraction of sp³-hybridized carbons (Fsp3) is 0.364. The van der Waals surface area contributed by atoms with E-state index in [4.69, 9.17) is 4.74 Å². The van der Waals surface area contributed by atoms with Crippen LogP contribution in [-0.2, 0) is 22.5 Å². The van der Waals surface area contributed by atoms with Crippen LogP contribution in [0.5, 0.6) is 0 Å². The third-order valence-electron chi connectivity index (χ3n) is 4.90. The molecule has 1 unspecified atom stereocenters. The predicted molar refractivity (Wildman–Crippen MR) is 117 cm³/mol. The molecule has 0 spiro atoms. The second kappa shape index (κ2) is 9.67. The molecule has 2 heterocycles. The van der Waals surface area contributed by atoms with Crippen LogP contribution in [0.15, 0.2) is 41.5 Å². The van der Waals surface area contributed by atoms with Gasteiger partial charge in [-0.1, -0.05) is 37.3 Å². The number of aryl methyl sites for hydroxylation is 1. The van der Waals surface area contributed by atoms with E-state index < -0.39 is 5.97 Å².